The summed E-state index contributed by atoms with van der Waals surface area (Å²) in [5, 5.41) is 3.82. The van der Waals surface area contributed by atoms with E-state index in [0.29, 0.717) is 19.0 Å². The maximum absolute atomic E-state index is 14.6. The van der Waals surface area contributed by atoms with Crippen LogP contribution in [0.1, 0.15) is 13.3 Å². The van der Waals surface area contributed by atoms with E-state index in [4.69, 9.17) is 34.8 Å². The Morgan fingerprint density at radius 1 is 1.22 bits per heavy atom. The van der Waals surface area contributed by atoms with Gasteiger partial charge in [-0.1, -0.05) is 34.8 Å². The second kappa shape index (κ2) is 6.39. The molecule has 2 heterocycles. The van der Waals surface area contributed by atoms with Crippen molar-refractivity contribution in [3.63, 3.8) is 0 Å². The average molecular weight is 437 g/mol. The molecule has 1 fully saturated rings. The highest BCUT2D eigenvalue weighted by Gasteiger charge is 2.56. The van der Waals surface area contributed by atoms with E-state index < -0.39 is 27.3 Å². The average Bonchev–Trinajstić information content (AvgIpc) is 3.02. The van der Waals surface area contributed by atoms with Crippen molar-refractivity contribution < 1.29 is 13.2 Å². The summed E-state index contributed by atoms with van der Waals surface area (Å²) in [7, 11) is 0. The minimum absolute atomic E-state index is 0.116. The minimum Gasteiger partial charge on any atom is -0.350 e. The van der Waals surface area contributed by atoms with Crippen LogP contribution in [-0.4, -0.2) is 36.5 Å². The third kappa shape index (κ3) is 2.90. The summed E-state index contributed by atoms with van der Waals surface area (Å²) in [6.45, 7) is 2.17. The van der Waals surface area contributed by atoms with Crippen LogP contribution in [0.4, 0.5) is 19.0 Å². The van der Waals surface area contributed by atoms with Gasteiger partial charge in [-0.25, -0.2) is 13.2 Å². The van der Waals surface area contributed by atoms with Gasteiger partial charge in [-0.2, -0.15) is 19.6 Å². The van der Waals surface area contributed by atoms with Crippen molar-refractivity contribution in [2.24, 2.45) is 0 Å². The number of rotatable bonds is 4. The molecule has 1 aliphatic rings. The summed E-state index contributed by atoms with van der Waals surface area (Å²) < 4.78 is 43.2. The molecule has 2 aromatic heterocycles. The Balaban J connectivity index is 2.07. The van der Waals surface area contributed by atoms with Gasteiger partial charge in [-0.3, -0.25) is 0 Å². The SMILES string of the molecule is CCN(c1c(-c2c(F)ccc(F)c2F)c(Cl)nc2ncnn12)C1CC1(Cl)Cl. The van der Waals surface area contributed by atoms with Gasteiger partial charge in [0.25, 0.3) is 5.78 Å². The van der Waals surface area contributed by atoms with Crippen LogP contribution < -0.4 is 4.90 Å². The molecule has 0 radical (unpaired) electrons. The summed E-state index contributed by atoms with van der Waals surface area (Å²) in [6, 6.07) is 1.17. The van der Waals surface area contributed by atoms with E-state index in [9.17, 15) is 13.2 Å². The van der Waals surface area contributed by atoms with E-state index in [1.54, 1.807) is 11.8 Å². The zero-order chi connectivity index (χ0) is 19.5. The topological polar surface area (TPSA) is 46.3 Å². The predicted molar refractivity (Wildman–Crippen MR) is 97.0 cm³/mol. The Morgan fingerprint density at radius 3 is 2.52 bits per heavy atom. The fourth-order valence-electron chi connectivity index (χ4n) is 3.09. The Hall–Kier alpha value is -1.77. The molecule has 142 valence electrons. The van der Waals surface area contributed by atoms with E-state index in [0.717, 1.165) is 6.07 Å². The molecular weight excluding hydrogens is 426 g/mol. The molecule has 1 saturated carbocycles. The van der Waals surface area contributed by atoms with Gasteiger partial charge in [0.1, 0.15) is 27.4 Å². The second-order valence-corrected chi connectivity index (χ2v) is 7.96. The van der Waals surface area contributed by atoms with Crippen LogP contribution in [0.2, 0.25) is 5.15 Å². The first kappa shape index (κ1) is 18.6. The van der Waals surface area contributed by atoms with Crippen LogP contribution >= 0.6 is 34.8 Å². The molecule has 0 bridgehead atoms. The first-order valence-corrected chi connectivity index (χ1v) is 9.07. The van der Waals surface area contributed by atoms with Crippen LogP contribution in [0.15, 0.2) is 18.5 Å². The molecule has 0 spiro atoms. The van der Waals surface area contributed by atoms with Crippen LogP contribution in [0.25, 0.3) is 16.9 Å². The predicted octanol–water partition coefficient (Wildman–Crippen LogP) is 4.63. The number of aromatic nitrogens is 4. The highest BCUT2D eigenvalue weighted by molar-refractivity contribution is 6.51. The number of hydrogen-bond donors (Lipinski definition) is 0. The molecule has 1 aromatic carbocycles. The lowest BCUT2D eigenvalue weighted by Crippen LogP contribution is -2.31. The Labute approximate surface area is 166 Å². The van der Waals surface area contributed by atoms with E-state index in [-0.39, 0.29) is 28.4 Å². The largest absolute Gasteiger partial charge is 0.350 e. The molecule has 1 unspecified atom stereocenters. The van der Waals surface area contributed by atoms with Crippen LogP contribution in [0.5, 0.6) is 0 Å². The summed E-state index contributed by atoms with van der Waals surface area (Å²) >= 11 is 18.7. The highest BCUT2D eigenvalue weighted by Crippen LogP contribution is 2.53. The quantitative estimate of drug-likeness (QED) is 0.340. The van der Waals surface area contributed by atoms with Gasteiger partial charge in [0, 0.05) is 13.0 Å². The molecule has 1 atom stereocenters. The Kier molecular flexibility index (Phi) is 4.40. The molecule has 5 nitrogen and oxygen atoms in total. The monoisotopic (exact) mass is 435 g/mol. The number of alkyl halides is 2. The molecular formula is C16H11Cl3F3N5. The first-order valence-electron chi connectivity index (χ1n) is 7.93. The molecule has 3 aromatic rings. The van der Waals surface area contributed by atoms with Crippen LogP contribution in [0.3, 0.4) is 0 Å². The molecule has 0 saturated heterocycles. The number of hydrogen-bond acceptors (Lipinski definition) is 4. The third-order valence-corrected chi connectivity index (χ3v) is 5.52. The molecule has 11 heteroatoms. The molecule has 0 N–H and O–H groups in total. The molecule has 27 heavy (non-hydrogen) atoms. The van der Waals surface area contributed by atoms with Crippen LogP contribution in [-0.2, 0) is 0 Å². The van der Waals surface area contributed by atoms with Crippen molar-refractivity contribution in [2.45, 2.75) is 23.7 Å². The van der Waals surface area contributed by atoms with Crippen molar-refractivity contribution in [3.8, 4) is 11.1 Å². The summed E-state index contributed by atoms with van der Waals surface area (Å²) in [6.07, 6.45) is 1.65. The molecule has 0 amide bonds. The van der Waals surface area contributed by atoms with Gasteiger partial charge in [-0.15, -0.1) is 0 Å². The maximum atomic E-state index is 14.6. The summed E-state index contributed by atoms with van der Waals surface area (Å²) in [5.74, 6) is -3.29. The van der Waals surface area contributed by atoms with Gasteiger partial charge in [0.05, 0.1) is 17.2 Å². The van der Waals surface area contributed by atoms with Gasteiger partial charge in [0.15, 0.2) is 11.6 Å². The lowest BCUT2D eigenvalue weighted by atomic mass is 10.1. The first-order chi connectivity index (χ1) is 12.8. The summed E-state index contributed by atoms with van der Waals surface area (Å²) in [5.41, 5.74) is -0.796. The highest BCUT2D eigenvalue weighted by atomic mass is 35.5. The lowest BCUT2D eigenvalue weighted by molar-refractivity contribution is 0.498. The second-order valence-electron chi connectivity index (χ2n) is 6.06. The van der Waals surface area contributed by atoms with Crippen LogP contribution in [0, 0.1) is 17.5 Å². The zero-order valence-electron chi connectivity index (χ0n) is 13.7. The maximum Gasteiger partial charge on any atom is 0.255 e. The van der Waals surface area contributed by atoms with Crippen molar-refractivity contribution in [1.82, 2.24) is 19.6 Å². The third-order valence-electron chi connectivity index (χ3n) is 4.43. The fourth-order valence-corrected chi connectivity index (χ4v) is 3.88. The van der Waals surface area contributed by atoms with E-state index in [1.807, 2.05) is 0 Å². The van der Waals surface area contributed by atoms with Gasteiger partial charge in [-0.05, 0) is 19.1 Å². The van der Waals surface area contributed by atoms with Gasteiger partial charge >= 0.3 is 0 Å². The smallest absolute Gasteiger partial charge is 0.255 e. The van der Waals surface area contributed by atoms with Crippen molar-refractivity contribution in [1.29, 1.82) is 0 Å². The van der Waals surface area contributed by atoms with Crippen molar-refractivity contribution in [3.05, 3.63) is 41.1 Å². The number of anilines is 1. The number of nitrogens with zero attached hydrogens (tertiary/aromatic N) is 5. The van der Waals surface area contributed by atoms with Gasteiger partial charge in [0.2, 0.25) is 0 Å². The minimum atomic E-state index is -1.38. The Bertz CT molecular complexity index is 1060. The fraction of sp³-hybridized carbons (Fsp3) is 0.312. The molecule has 4 rings (SSSR count). The van der Waals surface area contributed by atoms with Gasteiger partial charge < -0.3 is 4.90 Å². The lowest BCUT2D eigenvalue weighted by Gasteiger charge is -2.27. The molecule has 0 aliphatic heterocycles. The molecule has 1 aliphatic carbocycles. The number of halogens is 6. The summed E-state index contributed by atoms with van der Waals surface area (Å²) in [4.78, 5) is 9.70. The van der Waals surface area contributed by atoms with E-state index >= 15 is 0 Å². The van der Waals surface area contributed by atoms with Crippen molar-refractivity contribution >= 4 is 46.4 Å². The zero-order valence-corrected chi connectivity index (χ0v) is 16.0. The van der Waals surface area contributed by atoms with Crippen molar-refractivity contribution in [2.75, 3.05) is 11.4 Å². The normalized spacial score (nSPS) is 18.1. The van der Waals surface area contributed by atoms with E-state index in [1.165, 1.54) is 10.8 Å². The van der Waals surface area contributed by atoms with E-state index in [2.05, 4.69) is 15.1 Å². The number of fused-ring (bicyclic) bond motifs is 1. The standard InChI is InChI=1S/C16H11Cl3F3N5/c1-2-26(9-5-16(9,18)19)14-11(10-7(20)3-4-8(21)12(10)22)13(17)25-15-23-6-24-27(14)15/h3-4,6,9H,2,5H2,1H3. The number of benzene rings is 1. The Morgan fingerprint density at radius 2 is 1.89 bits per heavy atom.